The number of halogens is 4. The predicted octanol–water partition coefficient (Wildman–Crippen LogP) is 5.10. The average Bonchev–Trinajstić information content (AvgIpc) is 3.59. The highest BCUT2D eigenvalue weighted by Crippen LogP contribution is 2.35. The first-order chi connectivity index (χ1) is 15.2. The van der Waals surface area contributed by atoms with Gasteiger partial charge in [0.25, 0.3) is 0 Å². The number of Topliss-reactive ketones (excluding diaryl/α,β-unsaturated/α-hetero) is 1. The van der Waals surface area contributed by atoms with Gasteiger partial charge in [-0.05, 0) is 65.7 Å². The summed E-state index contributed by atoms with van der Waals surface area (Å²) >= 11 is 3.21. The summed E-state index contributed by atoms with van der Waals surface area (Å²) in [4.78, 5) is 34.8. The van der Waals surface area contributed by atoms with Crippen LogP contribution in [0.2, 0.25) is 0 Å². The largest absolute Gasteiger partial charge is 0.417 e. The molecular weight excluding hydrogens is 489 g/mol. The van der Waals surface area contributed by atoms with E-state index in [1.807, 2.05) is 4.90 Å². The van der Waals surface area contributed by atoms with Crippen molar-refractivity contribution in [1.82, 2.24) is 9.97 Å². The number of rotatable bonds is 6. The zero-order valence-electron chi connectivity index (χ0n) is 17.2. The molecule has 6 nitrogen and oxygen atoms in total. The van der Waals surface area contributed by atoms with Crippen LogP contribution in [-0.4, -0.2) is 34.7 Å². The molecule has 3 heterocycles. The molecule has 2 aromatic rings. The molecule has 1 aliphatic carbocycles. The summed E-state index contributed by atoms with van der Waals surface area (Å²) in [6, 6.07) is 4.26. The highest BCUT2D eigenvalue weighted by Gasteiger charge is 2.33. The van der Waals surface area contributed by atoms with Gasteiger partial charge in [0, 0.05) is 43.4 Å². The number of nitrogens with zero attached hydrogens (tertiary/aromatic N) is 3. The maximum atomic E-state index is 12.9. The van der Waals surface area contributed by atoms with E-state index in [9.17, 15) is 22.8 Å². The van der Waals surface area contributed by atoms with Crippen molar-refractivity contribution < 1.29 is 22.8 Å². The Morgan fingerprint density at radius 1 is 1.19 bits per heavy atom. The second-order valence-electron chi connectivity index (χ2n) is 8.30. The van der Waals surface area contributed by atoms with Crippen molar-refractivity contribution in [3.05, 3.63) is 46.2 Å². The number of amides is 1. The third-order valence-electron chi connectivity index (χ3n) is 5.72. The van der Waals surface area contributed by atoms with Crippen molar-refractivity contribution >= 4 is 39.3 Å². The van der Waals surface area contributed by atoms with Crippen LogP contribution < -0.4 is 10.2 Å². The van der Waals surface area contributed by atoms with Crippen molar-refractivity contribution in [3.63, 3.8) is 0 Å². The topological polar surface area (TPSA) is 75.2 Å². The van der Waals surface area contributed by atoms with Crippen molar-refractivity contribution in [3.8, 4) is 0 Å². The van der Waals surface area contributed by atoms with Gasteiger partial charge in [-0.15, -0.1) is 0 Å². The minimum Gasteiger partial charge on any atom is -0.355 e. The predicted molar refractivity (Wildman–Crippen MR) is 116 cm³/mol. The lowest BCUT2D eigenvalue weighted by Gasteiger charge is -2.34. The van der Waals surface area contributed by atoms with E-state index in [1.54, 1.807) is 12.1 Å². The number of pyridine rings is 2. The summed E-state index contributed by atoms with van der Waals surface area (Å²) in [5.41, 5.74) is -0.323. The molecule has 0 aromatic carbocycles. The molecule has 0 unspecified atom stereocenters. The van der Waals surface area contributed by atoms with E-state index < -0.39 is 11.7 Å². The molecule has 0 spiro atoms. The number of alkyl halides is 3. The Labute approximate surface area is 191 Å². The van der Waals surface area contributed by atoms with Crippen molar-refractivity contribution in [1.29, 1.82) is 0 Å². The molecule has 0 bridgehead atoms. The summed E-state index contributed by atoms with van der Waals surface area (Å²) in [6.07, 6.45) is 1.61. The lowest BCUT2D eigenvalue weighted by atomic mass is 9.91. The fourth-order valence-electron chi connectivity index (χ4n) is 3.87. The summed E-state index contributed by atoms with van der Waals surface area (Å²) in [7, 11) is 0. The maximum absolute atomic E-state index is 12.9. The Hall–Kier alpha value is -2.49. The third-order valence-corrected chi connectivity index (χ3v) is 6.31. The van der Waals surface area contributed by atoms with Crippen LogP contribution in [0.15, 0.2) is 35.1 Å². The number of anilines is 2. The highest BCUT2D eigenvalue weighted by atomic mass is 79.9. The molecule has 10 heteroatoms. The fourth-order valence-corrected chi connectivity index (χ4v) is 4.47. The lowest BCUT2D eigenvalue weighted by molar-refractivity contribution is -0.137. The van der Waals surface area contributed by atoms with E-state index in [0.717, 1.165) is 37.9 Å². The summed E-state index contributed by atoms with van der Waals surface area (Å²) in [5, 5.41) is 2.75. The Kier molecular flexibility index (Phi) is 6.50. The molecule has 0 radical (unpaired) electrons. The number of carbonyl (C=O) groups is 2. The molecule has 2 aliphatic rings. The second kappa shape index (κ2) is 9.17. The first kappa shape index (κ1) is 22.7. The summed E-state index contributed by atoms with van der Waals surface area (Å²) in [5.74, 6) is 0.785. The molecule has 2 aromatic heterocycles. The zero-order chi connectivity index (χ0) is 22.9. The average molecular weight is 511 g/mol. The van der Waals surface area contributed by atoms with E-state index in [2.05, 4.69) is 31.2 Å². The number of aromatic nitrogens is 2. The summed E-state index contributed by atoms with van der Waals surface area (Å²) < 4.78 is 39.0. The molecule has 1 N–H and O–H groups in total. The smallest absolute Gasteiger partial charge is 0.355 e. The Morgan fingerprint density at radius 3 is 2.66 bits per heavy atom. The molecule has 170 valence electrons. The number of hydrogen-bond donors (Lipinski definition) is 1. The van der Waals surface area contributed by atoms with Gasteiger partial charge in [-0.1, -0.05) is 0 Å². The molecule has 32 heavy (non-hydrogen) atoms. The SMILES string of the molecule is O=C(C[C@@H]1CCCN(c2ncc(C(F)(F)F)cc2Br)C1)c1ccnc(NC(=O)C2CC2)c1. The van der Waals surface area contributed by atoms with E-state index in [-0.39, 0.29) is 28.0 Å². The molecular formula is C22H22BrF3N4O2. The van der Waals surface area contributed by atoms with Gasteiger partial charge >= 0.3 is 6.18 Å². The fraction of sp³-hybridized carbons (Fsp3) is 0.455. The number of nitrogens with one attached hydrogen (secondary N) is 1. The van der Waals surface area contributed by atoms with Crippen molar-refractivity contribution in [2.24, 2.45) is 11.8 Å². The zero-order valence-corrected chi connectivity index (χ0v) is 18.7. The molecule has 1 saturated heterocycles. The van der Waals surface area contributed by atoms with Crippen LogP contribution in [0.4, 0.5) is 24.8 Å². The Balaban J connectivity index is 1.40. The van der Waals surface area contributed by atoms with Gasteiger partial charge in [-0.3, -0.25) is 9.59 Å². The van der Waals surface area contributed by atoms with E-state index in [4.69, 9.17) is 0 Å². The van der Waals surface area contributed by atoms with Crippen LogP contribution in [0.1, 0.15) is 48.0 Å². The molecule has 2 fully saturated rings. The quantitative estimate of drug-likeness (QED) is 0.547. The van der Waals surface area contributed by atoms with E-state index in [1.165, 1.54) is 6.20 Å². The van der Waals surface area contributed by atoms with Gasteiger partial charge in [-0.2, -0.15) is 13.2 Å². The second-order valence-corrected chi connectivity index (χ2v) is 9.16. The van der Waals surface area contributed by atoms with Crippen LogP contribution in [0.3, 0.4) is 0 Å². The first-order valence-electron chi connectivity index (χ1n) is 10.5. The van der Waals surface area contributed by atoms with Gasteiger partial charge in [0.15, 0.2) is 5.78 Å². The number of ketones is 1. The van der Waals surface area contributed by atoms with Crippen LogP contribution in [0.25, 0.3) is 0 Å². The molecule has 1 saturated carbocycles. The van der Waals surface area contributed by atoms with Crippen molar-refractivity contribution in [2.75, 3.05) is 23.3 Å². The van der Waals surface area contributed by atoms with E-state index >= 15 is 0 Å². The third kappa shape index (κ3) is 5.46. The minimum atomic E-state index is -4.45. The highest BCUT2D eigenvalue weighted by molar-refractivity contribution is 9.10. The minimum absolute atomic E-state index is 0.0440. The Bertz CT molecular complexity index is 1030. The first-order valence-corrected chi connectivity index (χ1v) is 11.3. The Morgan fingerprint density at radius 2 is 1.97 bits per heavy atom. The van der Waals surface area contributed by atoms with Crippen molar-refractivity contribution in [2.45, 2.75) is 38.3 Å². The molecule has 4 rings (SSSR count). The van der Waals surface area contributed by atoms with Gasteiger partial charge in [0.1, 0.15) is 11.6 Å². The standard InChI is InChI=1S/C22H22BrF3N4O2/c23-17-10-16(22(24,25)26)11-28-20(17)30-7-1-2-13(12-30)8-18(31)15-5-6-27-19(9-15)29-21(32)14-3-4-14/h5-6,9-11,13-14H,1-4,7-8,12H2,(H,27,29,32)/t13-/m0/s1. The van der Waals surface area contributed by atoms with Gasteiger partial charge in [0.05, 0.1) is 10.0 Å². The van der Waals surface area contributed by atoms with Gasteiger partial charge < -0.3 is 10.2 Å². The number of hydrogen-bond acceptors (Lipinski definition) is 5. The number of carbonyl (C=O) groups excluding carboxylic acids is 2. The monoisotopic (exact) mass is 510 g/mol. The molecule has 1 amide bonds. The van der Waals surface area contributed by atoms with Gasteiger partial charge in [-0.25, -0.2) is 9.97 Å². The van der Waals surface area contributed by atoms with Crippen LogP contribution in [0.5, 0.6) is 0 Å². The maximum Gasteiger partial charge on any atom is 0.417 e. The van der Waals surface area contributed by atoms with Gasteiger partial charge in [0.2, 0.25) is 5.91 Å². The number of piperidine rings is 1. The molecule has 1 aliphatic heterocycles. The lowest BCUT2D eigenvalue weighted by Crippen LogP contribution is -2.37. The van der Waals surface area contributed by atoms with Crippen LogP contribution in [-0.2, 0) is 11.0 Å². The van der Waals surface area contributed by atoms with Crippen LogP contribution >= 0.6 is 15.9 Å². The summed E-state index contributed by atoms with van der Waals surface area (Å²) in [6.45, 7) is 1.19. The van der Waals surface area contributed by atoms with Crippen LogP contribution in [0, 0.1) is 11.8 Å². The van der Waals surface area contributed by atoms with E-state index in [0.29, 0.717) is 36.7 Å². The normalized spacial score (nSPS) is 19.0. The molecule has 1 atom stereocenters.